The molecule has 0 unspecified atom stereocenters. The number of phenolic OH excluding ortho intramolecular Hbond substituents is 1. The summed E-state index contributed by atoms with van der Waals surface area (Å²) in [5.41, 5.74) is 6.15. The molecule has 2 aromatic carbocycles. The van der Waals surface area contributed by atoms with Gasteiger partial charge in [0.25, 0.3) is 5.91 Å². The number of benzene rings is 2. The van der Waals surface area contributed by atoms with Crippen molar-refractivity contribution in [2.45, 2.75) is 0 Å². The van der Waals surface area contributed by atoms with Gasteiger partial charge >= 0.3 is 0 Å². The second-order valence-corrected chi connectivity index (χ2v) is 4.96. The van der Waals surface area contributed by atoms with Crippen molar-refractivity contribution in [3.8, 4) is 5.75 Å². The van der Waals surface area contributed by atoms with Gasteiger partial charge in [0.15, 0.2) is 0 Å². The molecule has 1 heterocycles. The van der Waals surface area contributed by atoms with E-state index in [0.29, 0.717) is 5.69 Å². The number of phenols is 1. The monoisotopic (exact) mass is 307 g/mol. The van der Waals surface area contributed by atoms with Crippen LogP contribution in [0.5, 0.6) is 5.75 Å². The Morgan fingerprint density at radius 3 is 2.61 bits per heavy atom. The fourth-order valence-electron chi connectivity index (χ4n) is 2.24. The number of aromatic nitrogens is 1. The molecule has 0 aliphatic carbocycles. The van der Waals surface area contributed by atoms with Crippen LogP contribution in [-0.4, -0.2) is 21.9 Å². The minimum absolute atomic E-state index is 0.157. The van der Waals surface area contributed by atoms with E-state index in [2.05, 4.69) is 10.3 Å². The van der Waals surface area contributed by atoms with E-state index < -0.39 is 11.8 Å². The average Bonchev–Trinajstić information content (AvgIpc) is 2.54. The summed E-state index contributed by atoms with van der Waals surface area (Å²) < 4.78 is 0. The zero-order valence-electron chi connectivity index (χ0n) is 12.0. The summed E-state index contributed by atoms with van der Waals surface area (Å²) >= 11 is 0. The number of carbonyl (C=O) groups excluding carboxylic acids is 2. The Kier molecular flexibility index (Phi) is 3.64. The maximum atomic E-state index is 12.3. The summed E-state index contributed by atoms with van der Waals surface area (Å²) in [5, 5.41) is 13.9. The van der Waals surface area contributed by atoms with Crippen molar-refractivity contribution < 1.29 is 14.7 Å². The predicted octanol–water partition coefficient (Wildman–Crippen LogP) is 2.29. The molecule has 0 atom stereocenters. The molecule has 0 saturated carbocycles. The molecule has 4 N–H and O–H groups in total. The quantitative estimate of drug-likeness (QED) is 0.690. The van der Waals surface area contributed by atoms with Gasteiger partial charge in [-0.05, 0) is 41.8 Å². The number of carbonyl (C=O) groups is 2. The first-order valence-electron chi connectivity index (χ1n) is 6.83. The molecule has 0 radical (unpaired) electrons. The third kappa shape index (κ3) is 2.96. The number of nitrogens with zero attached hydrogens (tertiary/aromatic N) is 1. The van der Waals surface area contributed by atoms with E-state index in [9.17, 15) is 14.7 Å². The lowest BCUT2D eigenvalue weighted by Gasteiger charge is -2.09. The van der Waals surface area contributed by atoms with E-state index >= 15 is 0 Å². The number of hydrogen-bond donors (Lipinski definition) is 3. The normalized spacial score (nSPS) is 10.4. The topological polar surface area (TPSA) is 105 Å². The van der Waals surface area contributed by atoms with E-state index in [1.165, 1.54) is 18.3 Å². The first kappa shape index (κ1) is 14.5. The summed E-state index contributed by atoms with van der Waals surface area (Å²) in [6.45, 7) is 0. The highest BCUT2D eigenvalue weighted by Gasteiger charge is 2.11. The van der Waals surface area contributed by atoms with E-state index in [-0.39, 0.29) is 17.0 Å². The van der Waals surface area contributed by atoms with Gasteiger partial charge in [-0.3, -0.25) is 14.6 Å². The van der Waals surface area contributed by atoms with Gasteiger partial charge in [0, 0.05) is 17.3 Å². The number of primary amides is 1. The van der Waals surface area contributed by atoms with Crippen molar-refractivity contribution in [2.75, 3.05) is 5.32 Å². The molecule has 3 aromatic rings. The summed E-state index contributed by atoms with van der Waals surface area (Å²) in [6.07, 6.45) is 1.26. The highest BCUT2D eigenvalue weighted by atomic mass is 16.3. The first-order chi connectivity index (χ1) is 11.0. The first-order valence-corrected chi connectivity index (χ1v) is 6.83. The Hall–Kier alpha value is -3.41. The van der Waals surface area contributed by atoms with Crippen LogP contribution >= 0.6 is 0 Å². The molecule has 0 saturated heterocycles. The number of amides is 2. The van der Waals surface area contributed by atoms with Crippen molar-refractivity contribution in [2.24, 2.45) is 5.73 Å². The molecule has 6 nitrogen and oxygen atoms in total. The van der Waals surface area contributed by atoms with Gasteiger partial charge in [0.05, 0.1) is 5.56 Å². The molecule has 1 aromatic heterocycles. The number of rotatable bonds is 3. The van der Waals surface area contributed by atoms with Crippen LogP contribution in [0.1, 0.15) is 20.8 Å². The predicted molar refractivity (Wildman–Crippen MR) is 86.3 cm³/mol. The Morgan fingerprint density at radius 1 is 1.09 bits per heavy atom. The summed E-state index contributed by atoms with van der Waals surface area (Å²) in [6, 6.07) is 13.2. The SMILES string of the molecule is NC(=O)c1ccc(C(=O)Nc2cccc3cc(O)ccc23)nc1. The van der Waals surface area contributed by atoms with Crippen LogP contribution in [0.2, 0.25) is 0 Å². The molecule has 0 bridgehead atoms. The molecule has 23 heavy (non-hydrogen) atoms. The van der Waals surface area contributed by atoms with Gasteiger partial charge in [-0.1, -0.05) is 12.1 Å². The smallest absolute Gasteiger partial charge is 0.274 e. The van der Waals surface area contributed by atoms with Crippen LogP contribution in [0, 0.1) is 0 Å². The van der Waals surface area contributed by atoms with Gasteiger partial charge in [-0.15, -0.1) is 0 Å². The van der Waals surface area contributed by atoms with Crippen LogP contribution in [0.15, 0.2) is 54.7 Å². The van der Waals surface area contributed by atoms with Gasteiger partial charge in [-0.25, -0.2) is 0 Å². The third-order valence-electron chi connectivity index (χ3n) is 3.39. The summed E-state index contributed by atoms with van der Waals surface area (Å²) in [5.74, 6) is -0.843. The second-order valence-electron chi connectivity index (χ2n) is 4.96. The van der Waals surface area contributed by atoms with E-state index in [4.69, 9.17) is 5.73 Å². The van der Waals surface area contributed by atoms with Crippen LogP contribution in [0.3, 0.4) is 0 Å². The maximum absolute atomic E-state index is 12.3. The number of hydrogen-bond acceptors (Lipinski definition) is 4. The number of aromatic hydroxyl groups is 1. The lowest BCUT2D eigenvalue weighted by Crippen LogP contribution is -2.16. The number of fused-ring (bicyclic) bond motifs is 1. The lowest BCUT2D eigenvalue weighted by molar-refractivity contribution is 0.0993. The highest BCUT2D eigenvalue weighted by Crippen LogP contribution is 2.26. The van der Waals surface area contributed by atoms with Crippen molar-refractivity contribution >= 4 is 28.3 Å². The minimum Gasteiger partial charge on any atom is -0.508 e. The molecule has 0 fully saturated rings. The lowest BCUT2D eigenvalue weighted by atomic mass is 10.1. The molecule has 114 valence electrons. The number of anilines is 1. The van der Waals surface area contributed by atoms with Gasteiger partial charge in [-0.2, -0.15) is 0 Å². The van der Waals surface area contributed by atoms with Crippen LogP contribution in [0.4, 0.5) is 5.69 Å². The number of nitrogens with one attached hydrogen (secondary N) is 1. The Labute approximate surface area is 131 Å². The fourth-order valence-corrected chi connectivity index (χ4v) is 2.24. The van der Waals surface area contributed by atoms with Crippen LogP contribution in [-0.2, 0) is 0 Å². The molecule has 6 heteroatoms. The number of nitrogens with two attached hydrogens (primary N) is 1. The molecular weight excluding hydrogens is 294 g/mol. The zero-order valence-corrected chi connectivity index (χ0v) is 12.0. The van der Waals surface area contributed by atoms with Crippen molar-refractivity contribution in [3.05, 3.63) is 66.0 Å². The van der Waals surface area contributed by atoms with Crippen molar-refractivity contribution in [1.82, 2.24) is 4.98 Å². The van der Waals surface area contributed by atoms with Gasteiger partial charge in [0.2, 0.25) is 5.91 Å². The summed E-state index contributed by atoms with van der Waals surface area (Å²) in [7, 11) is 0. The van der Waals surface area contributed by atoms with E-state index in [0.717, 1.165) is 10.8 Å². The Morgan fingerprint density at radius 2 is 1.91 bits per heavy atom. The van der Waals surface area contributed by atoms with Crippen LogP contribution in [0.25, 0.3) is 10.8 Å². The Bertz CT molecular complexity index is 905. The van der Waals surface area contributed by atoms with E-state index in [1.807, 2.05) is 6.07 Å². The Balaban J connectivity index is 1.89. The highest BCUT2D eigenvalue weighted by molar-refractivity contribution is 6.08. The second kappa shape index (κ2) is 5.76. The zero-order chi connectivity index (χ0) is 16.4. The van der Waals surface area contributed by atoms with E-state index in [1.54, 1.807) is 30.3 Å². The fraction of sp³-hybridized carbons (Fsp3) is 0. The third-order valence-corrected chi connectivity index (χ3v) is 3.39. The number of pyridine rings is 1. The van der Waals surface area contributed by atoms with Gasteiger partial charge < -0.3 is 16.2 Å². The molecule has 2 amide bonds. The molecule has 0 aliphatic heterocycles. The van der Waals surface area contributed by atoms with Gasteiger partial charge in [0.1, 0.15) is 11.4 Å². The molecule has 3 rings (SSSR count). The molecular formula is C17H13N3O3. The largest absolute Gasteiger partial charge is 0.508 e. The molecule has 0 aliphatic rings. The van der Waals surface area contributed by atoms with Crippen molar-refractivity contribution in [3.63, 3.8) is 0 Å². The van der Waals surface area contributed by atoms with Crippen molar-refractivity contribution in [1.29, 1.82) is 0 Å². The van der Waals surface area contributed by atoms with Crippen LogP contribution < -0.4 is 11.1 Å². The minimum atomic E-state index is -0.599. The average molecular weight is 307 g/mol. The molecule has 0 spiro atoms. The standard InChI is InChI=1S/C17H13N3O3/c18-16(22)11-4-7-15(19-9-11)17(23)20-14-3-1-2-10-8-12(21)5-6-13(10)14/h1-9,21H,(H2,18,22)(H,20,23). The maximum Gasteiger partial charge on any atom is 0.274 e. The summed E-state index contributed by atoms with van der Waals surface area (Å²) in [4.78, 5) is 27.2.